The molecule has 1 aliphatic heterocycles. The molecule has 1 unspecified atom stereocenters. The molecule has 6 heteroatoms. The molecule has 1 aliphatic rings. The number of nitrogens with one attached hydrogen (secondary N) is 1. The summed E-state index contributed by atoms with van der Waals surface area (Å²) in [5.41, 5.74) is 2.19. The predicted molar refractivity (Wildman–Crippen MR) is 79.2 cm³/mol. The van der Waals surface area contributed by atoms with Crippen molar-refractivity contribution in [2.75, 3.05) is 20.3 Å². The molecule has 2 aromatic rings. The number of aromatic nitrogens is 2. The Balaban J connectivity index is 2.01. The van der Waals surface area contributed by atoms with E-state index in [0.29, 0.717) is 13.2 Å². The first-order chi connectivity index (χ1) is 9.70. The summed E-state index contributed by atoms with van der Waals surface area (Å²) in [6.07, 6.45) is 1.80. The van der Waals surface area contributed by atoms with Gasteiger partial charge in [-0.15, -0.1) is 0 Å². The third kappa shape index (κ3) is 2.29. The van der Waals surface area contributed by atoms with Crippen LogP contribution in [0.5, 0.6) is 11.5 Å². The van der Waals surface area contributed by atoms with E-state index >= 15 is 0 Å². The number of aryl methyl sites for hydroxylation is 1. The molecule has 0 aliphatic carbocycles. The average Bonchev–Trinajstić information content (AvgIpc) is 2.80. The van der Waals surface area contributed by atoms with E-state index in [0.717, 1.165) is 27.2 Å². The summed E-state index contributed by atoms with van der Waals surface area (Å²) in [5.74, 6) is 1.60. The highest BCUT2D eigenvalue weighted by Gasteiger charge is 2.21. The number of nitrogens with zero attached hydrogens (tertiary/aromatic N) is 2. The fourth-order valence-corrected chi connectivity index (χ4v) is 3.02. The second-order valence-corrected chi connectivity index (χ2v) is 5.48. The summed E-state index contributed by atoms with van der Waals surface area (Å²) < 4.78 is 14.1. The molecule has 106 valence electrons. The molecule has 0 radical (unpaired) electrons. The van der Waals surface area contributed by atoms with Crippen LogP contribution in [0.15, 0.2) is 28.9 Å². The Morgan fingerprint density at radius 1 is 1.30 bits per heavy atom. The van der Waals surface area contributed by atoms with Crippen LogP contribution in [0.2, 0.25) is 0 Å². The van der Waals surface area contributed by atoms with Crippen LogP contribution in [0.3, 0.4) is 0 Å². The molecule has 1 N–H and O–H groups in total. The Morgan fingerprint density at radius 2 is 2.05 bits per heavy atom. The average molecular weight is 338 g/mol. The molecule has 0 fully saturated rings. The topological polar surface area (TPSA) is 48.3 Å². The van der Waals surface area contributed by atoms with Gasteiger partial charge in [0.05, 0.1) is 22.4 Å². The Labute approximate surface area is 126 Å². The molecular formula is C14H16BrN3O2. The minimum Gasteiger partial charge on any atom is -0.486 e. The smallest absolute Gasteiger partial charge is 0.161 e. The van der Waals surface area contributed by atoms with Crippen LogP contribution in [0.1, 0.15) is 17.3 Å². The summed E-state index contributed by atoms with van der Waals surface area (Å²) in [7, 11) is 3.86. The van der Waals surface area contributed by atoms with Crippen molar-refractivity contribution in [3.63, 3.8) is 0 Å². The molecular weight excluding hydrogens is 322 g/mol. The number of fused-ring (bicyclic) bond motifs is 1. The third-order valence-electron chi connectivity index (χ3n) is 3.40. The lowest BCUT2D eigenvalue weighted by atomic mass is 10.0. The monoisotopic (exact) mass is 337 g/mol. The maximum atomic E-state index is 5.65. The Morgan fingerprint density at radius 3 is 2.70 bits per heavy atom. The standard InChI is InChI=1S/C14H16BrN3O2/c1-16-13(14-10(15)8-17-18(14)2)9-3-4-11-12(7-9)20-6-5-19-11/h3-4,7-8,13,16H,5-6H2,1-2H3. The summed E-state index contributed by atoms with van der Waals surface area (Å²) in [6.45, 7) is 1.20. The quantitative estimate of drug-likeness (QED) is 0.933. The van der Waals surface area contributed by atoms with Crippen molar-refractivity contribution in [3.05, 3.63) is 40.1 Å². The van der Waals surface area contributed by atoms with Crippen LogP contribution in [0.25, 0.3) is 0 Å². The van der Waals surface area contributed by atoms with Crippen molar-refractivity contribution in [1.29, 1.82) is 0 Å². The van der Waals surface area contributed by atoms with Crippen molar-refractivity contribution in [3.8, 4) is 11.5 Å². The zero-order valence-electron chi connectivity index (χ0n) is 11.4. The molecule has 3 rings (SSSR count). The van der Waals surface area contributed by atoms with E-state index in [4.69, 9.17) is 9.47 Å². The van der Waals surface area contributed by atoms with E-state index in [-0.39, 0.29) is 6.04 Å². The van der Waals surface area contributed by atoms with Gasteiger partial charge in [-0.2, -0.15) is 5.10 Å². The van der Waals surface area contributed by atoms with Crippen LogP contribution in [-0.4, -0.2) is 30.0 Å². The van der Waals surface area contributed by atoms with Crippen molar-refractivity contribution in [2.45, 2.75) is 6.04 Å². The number of rotatable bonds is 3. The lowest BCUT2D eigenvalue weighted by molar-refractivity contribution is 0.171. The van der Waals surface area contributed by atoms with E-state index in [1.807, 2.05) is 37.0 Å². The van der Waals surface area contributed by atoms with E-state index in [1.54, 1.807) is 6.20 Å². The second kappa shape index (κ2) is 5.46. The lowest BCUT2D eigenvalue weighted by Gasteiger charge is -2.22. The number of hydrogen-bond acceptors (Lipinski definition) is 4. The lowest BCUT2D eigenvalue weighted by Crippen LogP contribution is -2.22. The van der Waals surface area contributed by atoms with Crippen molar-refractivity contribution in [2.24, 2.45) is 7.05 Å². The molecule has 1 aromatic heterocycles. The van der Waals surface area contributed by atoms with Crippen LogP contribution in [-0.2, 0) is 7.05 Å². The van der Waals surface area contributed by atoms with Crippen molar-refractivity contribution >= 4 is 15.9 Å². The van der Waals surface area contributed by atoms with Gasteiger partial charge in [-0.1, -0.05) is 6.07 Å². The molecule has 0 amide bonds. The number of ether oxygens (including phenoxy) is 2. The summed E-state index contributed by atoms with van der Waals surface area (Å²) in [5, 5.41) is 7.59. The van der Waals surface area contributed by atoms with Gasteiger partial charge in [0.1, 0.15) is 13.2 Å². The summed E-state index contributed by atoms with van der Waals surface area (Å²) >= 11 is 3.55. The van der Waals surface area contributed by atoms with Gasteiger partial charge in [-0.05, 0) is 40.7 Å². The van der Waals surface area contributed by atoms with Gasteiger partial charge >= 0.3 is 0 Å². The zero-order valence-corrected chi connectivity index (χ0v) is 13.0. The first-order valence-electron chi connectivity index (χ1n) is 6.45. The maximum absolute atomic E-state index is 5.65. The van der Waals surface area contributed by atoms with Gasteiger partial charge in [0, 0.05) is 7.05 Å². The second-order valence-electron chi connectivity index (χ2n) is 4.63. The fourth-order valence-electron chi connectivity index (χ4n) is 2.45. The fraction of sp³-hybridized carbons (Fsp3) is 0.357. The highest BCUT2D eigenvalue weighted by molar-refractivity contribution is 9.10. The predicted octanol–water partition coefficient (Wildman–Crippen LogP) is 2.26. The number of hydrogen-bond donors (Lipinski definition) is 1. The van der Waals surface area contributed by atoms with E-state index < -0.39 is 0 Å². The Kier molecular flexibility index (Phi) is 3.67. The maximum Gasteiger partial charge on any atom is 0.161 e. The minimum atomic E-state index is 0.0349. The molecule has 0 bridgehead atoms. The molecule has 0 saturated carbocycles. The van der Waals surface area contributed by atoms with E-state index in [2.05, 4.69) is 26.3 Å². The molecule has 0 saturated heterocycles. The molecule has 1 atom stereocenters. The van der Waals surface area contributed by atoms with Crippen molar-refractivity contribution in [1.82, 2.24) is 15.1 Å². The van der Waals surface area contributed by atoms with Crippen LogP contribution in [0, 0.1) is 0 Å². The third-order valence-corrected chi connectivity index (χ3v) is 4.01. The SMILES string of the molecule is CNC(c1ccc2c(c1)OCCO2)c1c(Br)cnn1C. The summed E-state index contributed by atoms with van der Waals surface area (Å²) in [4.78, 5) is 0. The van der Waals surface area contributed by atoms with Gasteiger partial charge in [0.25, 0.3) is 0 Å². The molecule has 20 heavy (non-hydrogen) atoms. The molecule has 1 aromatic carbocycles. The zero-order chi connectivity index (χ0) is 14.1. The molecule has 2 heterocycles. The largest absolute Gasteiger partial charge is 0.486 e. The van der Waals surface area contributed by atoms with Gasteiger partial charge in [-0.25, -0.2) is 0 Å². The first kappa shape index (κ1) is 13.5. The Bertz CT molecular complexity index is 607. The minimum absolute atomic E-state index is 0.0349. The van der Waals surface area contributed by atoms with Gasteiger partial charge < -0.3 is 14.8 Å². The first-order valence-corrected chi connectivity index (χ1v) is 7.24. The van der Waals surface area contributed by atoms with E-state index in [1.165, 1.54) is 0 Å². The highest BCUT2D eigenvalue weighted by atomic mass is 79.9. The van der Waals surface area contributed by atoms with Gasteiger partial charge in [0.2, 0.25) is 0 Å². The van der Waals surface area contributed by atoms with Crippen LogP contribution in [0.4, 0.5) is 0 Å². The van der Waals surface area contributed by atoms with E-state index in [9.17, 15) is 0 Å². The van der Waals surface area contributed by atoms with Crippen molar-refractivity contribution < 1.29 is 9.47 Å². The molecule has 0 spiro atoms. The number of benzene rings is 1. The highest BCUT2D eigenvalue weighted by Crippen LogP contribution is 2.35. The molecule has 5 nitrogen and oxygen atoms in total. The van der Waals surface area contributed by atoms with Gasteiger partial charge in [-0.3, -0.25) is 4.68 Å². The number of halogens is 1. The van der Waals surface area contributed by atoms with Crippen LogP contribution >= 0.6 is 15.9 Å². The van der Waals surface area contributed by atoms with Crippen LogP contribution < -0.4 is 14.8 Å². The summed E-state index contributed by atoms with van der Waals surface area (Å²) in [6, 6.07) is 6.06. The normalized spacial score (nSPS) is 15.2. The Hall–Kier alpha value is -1.53. The van der Waals surface area contributed by atoms with Gasteiger partial charge in [0.15, 0.2) is 11.5 Å².